The first-order valence-corrected chi connectivity index (χ1v) is 9.57. The van der Waals surface area contributed by atoms with Gasteiger partial charge in [0.05, 0.1) is 17.5 Å². The van der Waals surface area contributed by atoms with E-state index in [0.717, 1.165) is 49.4 Å². The summed E-state index contributed by atoms with van der Waals surface area (Å²) in [7, 11) is 0. The topological polar surface area (TPSA) is 46.8 Å². The molecule has 8 heteroatoms. The molecular formula is C21H22F3N5. The Bertz CT molecular complexity index is 992. The van der Waals surface area contributed by atoms with Crippen LogP contribution in [0.25, 0.3) is 11.4 Å². The highest BCUT2D eigenvalue weighted by Crippen LogP contribution is 2.30. The molecule has 3 aromatic rings. The van der Waals surface area contributed by atoms with Crippen LogP contribution >= 0.6 is 0 Å². The first kappa shape index (κ1) is 19.6. The summed E-state index contributed by atoms with van der Waals surface area (Å²) in [5.74, 6) is 0.462. The van der Waals surface area contributed by atoms with Gasteiger partial charge in [0.15, 0.2) is 5.82 Å². The van der Waals surface area contributed by atoms with E-state index >= 15 is 0 Å². The number of aromatic nitrogens is 4. The van der Waals surface area contributed by atoms with Crippen LogP contribution in [0.1, 0.15) is 42.3 Å². The van der Waals surface area contributed by atoms with Crippen molar-refractivity contribution < 1.29 is 13.2 Å². The second-order valence-electron chi connectivity index (χ2n) is 7.62. The Balaban J connectivity index is 1.46. The van der Waals surface area contributed by atoms with E-state index in [1.807, 2.05) is 10.9 Å². The smallest absolute Gasteiger partial charge is 0.294 e. The van der Waals surface area contributed by atoms with Gasteiger partial charge in [0.25, 0.3) is 0 Å². The molecule has 0 atom stereocenters. The van der Waals surface area contributed by atoms with E-state index in [9.17, 15) is 13.2 Å². The lowest BCUT2D eigenvalue weighted by molar-refractivity contribution is -0.137. The molecule has 4 rings (SSSR count). The Labute approximate surface area is 167 Å². The predicted molar refractivity (Wildman–Crippen MR) is 103 cm³/mol. The fraction of sp³-hybridized carbons (Fsp3) is 0.381. The molecule has 152 valence electrons. The van der Waals surface area contributed by atoms with Gasteiger partial charge in [-0.05, 0) is 26.0 Å². The standard InChI is InChI=1S/C21H22F3N5/c1-14(2)29-12-15(9-26-29)11-28-8-7-19-17(13-28)10-25-20(27-19)16-3-5-18(6-4-16)21(22,23)24/h3-6,9-10,12,14H,7-8,11,13H2,1-2H3. The molecule has 2 aromatic heterocycles. The molecule has 0 radical (unpaired) electrons. The van der Waals surface area contributed by atoms with E-state index < -0.39 is 11.7 Å². The van der Waals surface area contributed by atoms with Crippen LogP contribution in [-0.2, 0) is 25.7 Å². The molecule has 5 nitrogen and oxygen atoms in total. The Hall–Kier alpha value is -2.74. The summed E-state index contributed by atoms with van der Waals surface area (Å²) in [6.45, 7) is 6.62. The van der Waals surface area contributed by atoms with Crippen LogP contribution in [0, 0.1) is 0 Å². The number of hydrogen-bond acceptors (Lipinski definition) is 4. The molecular weight excluding hydrogens is 379 g/mol. The lowest BCUT2D eigenvalue weighted by atomic mass is 10.1. The third-order valence-electron chi connectivity index (χ3n) is 5.07. The van der Waals surface area contributed by atoms with E-state index in [-0.39, 0.29) is 0 Å². The van der Waals surface area contributed by atoms with E-state index in [0.29, 0.717) is 17.4 Å². The molecule has 0 fully saturated rings. The number of benzene rings is 1. The van der Waals surface area contributed by atoms with Crippen LogP contribution in [0.5, 0.6) is 0 Å². The highest BCUT2D eigenvalue weighted by Gasteiger charge is 2.30. The minimum absolute atomic E-state index is 0.336. The monoisotopic (exact) mass is 401 g/mol. The average Bonchev–Trinajstić information content (AvgIpc) is 3.16. The number of rotatable bonds is 4. The molecule has 0 aliphatic carbocycles. The lowest BCUT2D eigenvalue weighted by Crippen LogP contribution is -2.30. The molecule has 0 unspecified atom stereocenters. The van der Waals surface area contributed by atoms with Gasteiger partial charge in [-0.25, -0.2) is 9.97 Å². The van der Waals surface area contributed by atoms with Crippen molar-refractivity contribution in [1.82, 2.24) is 24.6 Å². The van der Waals surface area contributed by atoms with Gasteiger partial charge in [-0.2, -0.15) is 18.3 Å². The summed E-state index contributed by atoms with van der Waals surface area (Å²) in [6, 6.07) is 5.31. The molecule has 0 saturated heterocycles. The fourth-order valence-electron chi connectivity index (χ4n) is 3.46. The maximum absolute atomic E-state index is 12.7. The summed E-state index contributed by atoms with van der Waals surface area (Å²) < 4.78 is 40.2. The Kier molecular flexibility index (Phi) is 5.12. The van der Waals surface area contributed by atoms with Crippen molar-refractivity contribution >= 4 is 0 Å². The van der Waals surface area contributed by atoms with Crippen LogP contribution in [0.15, 0.2) is 42.9 Å². The largest absolute Gasteiger partial charge is 0.416 e. The zero-order valence-corrected chi connectivity index (χ0v) is 16.3. The van der Waals surface area contributed by atoms with Crippen LogP contribution in [0.2, 0.25) is 0 Å². The Morgan fingerprint density at radius 1 is 1.10 bits per heavy atom. The van der Waals surface area contributed by atoms with Gasteiger partial charge in [-0.1, -0.05) is 12.1 Å². The van der Waals surface area contributed by atoms with Crippen molar-refractivity contribution in [3.05, 3.63) is 65.2 Å². The van der Waals surface area contributed by atoms with E-state index in [4.69, 9.17) is 0 Å². The summed E-state index contributed by atoms with van der Waals surface area (Å²) >= 11 is 0. The van der Waals surface area contributed by atoms with Gasteiger partial charge in [-0.3, -0.25) is 9.58 Å². The van der Waals surface area contributed by atoms with Crippen molar-refractivity contribution in [1.29, 1.82) is 0 Å². The maximum Gasteiger partial charge on any atom is 0.416 e. The maximum atomic E-state index is 12.7. The molecule has 0 amide bonds. The first-order valence-electron chi connectivity index (χ1n) is 9.57. The number of hydrogen-bond donors (Lipinski definition) is 0. The number of fused-ring (bicyclic) bond motifs is 1. The fourth-order valence-corrected chi connectivity index (χ4v) is 3.46. The summed E-state index contributed by atoms with van der Waals surface area (Å²) in [5, 5.41) is 4.39. The molecule has 1 aliphatic rings. The quantitative estimate of drug-likeness (QED) is 0.646. The van der Waals surface area contributed by atoms with Crippen molar-refractivity contribution in [3.8, 4) is 11.4 Å². The number of nitrogens with zero attached hydrogens (tertiary/aromatic N) is 5. The van der Waals surface area contributed by atoms with Crippen LogP contribution < -0.4 is 0 Å². The molecule has 0 bridgehead atoms. The SMILES string of the molecule is CC(C)n1cc(CN2CCc3nc(-c4ccc(C(F)(F)F)cc4)ncc3C2)cn1. The normalized spacial score (nSPS) is 15.0. The second-order valence-corrected chi connectivity index (χ2v) is 7.62. The third kappa shape index (κ3) is 4.32. The predicted octanol–water partition coefficient (Wildman–Crippen LogP) is 4.50. The van der Waals surface area contributed by atoms with Gasteiger partial charge in [0, 0.05) is 61.2 Å². The van der Waals surface area contributed by atoms with Crippen LogP contribution in [0.4, 0.5) is 13.2 Å². The highest BCUT2D eigenvalue weighted by atomic mass is 19.4. The molecule has 0 saturated carbocycles. The minimum Gasteiger partial charge on any atom is -0.294 e. The second kappa shape index (κ2) is 7.59. The van der Waals surface area contributed by atoms with Gasteiger partial charge in [-0.15, -0.1) is 0 Å². The van der Waals surface area contributed by atoms with E-state index in [1.54, 1.807) is 6.20 Å². The average molecular weight is 401 g/mol. The zero-order valence-electron chi connectivity index (χ0n) is 16.3. The van der Waals surface area contributed by atoms with Gasteiger partial charge < -0.3 is 0 Å². The Morgan fingerprint density at radius 2 is 1.86 bits per heavy atom. The molecule has 1 aliphatic heterocycles. The van der Waals surface area contributed by atoms with Crippen molar-refractivity contribution in [2.75, 3.05) is 6.54 Å². The third-order valence-corrected chi connectivity index (χ3v) is 5.07. The lowest BCUT2D eigenvalue weighted by Gasteiger charge is -2.27. The summed E-state index contributed by atoms with van der Waals surface area (Å²) in [5.41, 5.74) is 3.11. The van der Waals surface area contributed by atoms with Crippen molar-refractivity contribution in [2.45, 2.75) is 45.6 Å². The van der Waals surface area contributed by atoms with Crippen molar-refractivity contribution in [3.63, 3.8) is 0 Å². The zero-order chi connectivity index (χ0) is 20.6. The van der Waals surface area contributed by atoms with Gasteiger partial charge in [0.2, 0.25) is 0 Å². The minimum atomic E-state index is -4.34. The number of halogens is 3. The Morgan fingerprint density at radius 3 is 2.52 bits per heavy atom. The van der Waals surface area contributed by atoms with Crippen molar-refractivity contribution in [2.24, 2.45) is 0 Å². The summed E-state index contributed by atoms with van der Waals surface area (Å²) in [4.78, 5) is 11.3. The molecule has 29 heavy (non-hydrogen) atoms. The molecule has 0 spiro atoms. The first-order chi connectivity index (χ1) is 13.8. The summed E-state index contributed by atoms with van der Waals surface area (Å²) in [6.07, 6.45) is 2.21. The molecule has 1 aromatic carbocycles. The van der Waals surface area contributed by atoms with E-state index in [2.05, 4.69) is 40.0 Å². The molecule has 3 heterocycles. The highest BCUT2D eigenvalue weighted by molar-refractivity contribution is 5.56. The van der Waals surface area contributed by atoms with E-state index in [1.165, 1.54) is 17.7 Å². The molecule has 0 N–H and O–H groups in total. The van der Waals surface area contributed by atoms with Crippen LogP contribution in [0.3, 0.4) is 0 Å². The number of alkyl halides is 3. The van der Waals surface area contributed by atoms with Gasteiger partial charge in [0.1, 0.15) is 0 Å². The van der Waals surface area contributed by atoms with Gasteiger partial charge >= 0.3 is 6.18 Å². The van der Waals surface area contributed by atoms with Crippen LogP contribution in [-0.4, -0.2) is 31.2 Å².